The Labute approximate surface area is 149 Å². The van der Waals surface area contributed by atoms with Gasteiger partial charge < -0.3 is 20.1 Å². The molecule has 0 amide bonds. The second kappa shape index (κ2) is 7.87. The highest BCUT2D eigenvalue weighted by Gasteiger charge is 2.26. The lowest BCUT2D eigenvalue weighted by Gasteiger charge is -2.36. The van der Waals surface area contributed by atoms with E-state index < -0.39 is 0 Å². The Morgan fingerprint density at radius 3 is 2.44 bits per heavy atom. The number of aromatic nitrogens is 2. The summed E-state index contributed by atoms with van der Waals surface area (Å²) in [5, 5.41) is 1.00. The third-order valence-corrected chi connectivity index (χ3v) is 5.45. The maximum absolute atomic E-state index is 5.93. The Hall–Kier alpha value is -2.08. The molecule has 1 aromatic carbocycles. The van der Waals surface area contributed by atoms with E-state index in [9.17, 15) is 0 Å². The highest BCUT2D eigenvalue weighted by molar-refractivity contribution is 5.92. The fourth-order valence-electron chi connectivity index (χ4n) is 3.90. The molecule has 2 N–H and O–H groups in total. The summed E-state index contributed by atoms with van der Waals surface area (Å²) in [7, 11) is 3.29. The fraction of sp³-hybridized carbons (Fsp3) is 0.579. The summed E-state index contributed by atoms with van der Waals surface area (Å²) in [6.07, 6.45) is 5.11. The molecule has 0 unspecified atom stereocenters. The molecule has 2 heterocycles. The lowest BCUT2D eigenvalue weighted by Crippen LogP contribution is -2.38. The van der Waals surface area contributed by atoms with Crippen LogP contribution in [-0.4, -0.2) is 43.8 Å². The van der Waals surface area contributed by atoms with E-state index in [0.717, 1.165) is 55.6 Å². The van der Waals surface area contributed by atoms with Crippen LogP contribution in [0, 0.1) is 11.8 Å². The highest BCUT2D eigenvalue weighted by Crippen LogP contribution is 2.36. The molecule has 0 radical (unpaired) electrons. The largest absolute Gasteiger partial charge is 0.493 e. The number of ether oxygens (including phenoxy) is 2. The van der Waals surface area contributed by atoms with Crippen LogP contribution in [0.4, 0.5) is 5.82 Å². The van der Waals surface area contributed by atoms with Gasteiger partial charge in [-0.15, -0.1) is 0 Å². The monoisotopic (exact) mass is 344 g/mol. The van der Waals surface area contributed by atoms with Gasteiger partial charge in [-0.3, -0.25) is 0 Å². The van der Waals surface area contributed by atoms with Gasteiger partial charge in [-0.25, -0.2) is 9.97 Å². The van der Waals surface area contributed by atoms with E-state index in [1.807, 2.05) is 12.1 Å². The topological polar surface area (TPSA) is 73.5 Å². The number of benzene rings is 1. The Kier molecular flexibility index (Phi) is 5.58. The second-order valence-corrected chi connectivity index (χ2v) is 6.65. The van der Waals surface area contributed by atoms with Crippen molar-refractivity contribution in [2.45, 2.75) is 26.2 Å². The van der Waals surface area contributed by atoms with Crippen molar-refractivity contribution in [3.8, 4) is 11.5 Å². The minimum atomic E-state index is 0.633. The molecule has 3 rings (SSSR count). The van der Waals surface area contributed by atoms with Gasteiger partial charge >= 0.3 is 0 Å². The molecule has 1 saturated heterocycles. The number of nitrogens with two attached hydrogens (primary N) is 1. The number of hydrogen-bond acceptors (Lipinski definition) is 6. The summed E-state index contributed by atoms with van der Waals surface area (Å²) >= 11 is 0. The third kappa shape index (κ3) is 3.49. The van der Waals surface area contributed by atoms with E-state index in [-0.39, 0.29) is 0 Å². The van der Waals surface area contributed by atoms with Crippen molar-refractivity contribution >= 4 is 16.7 Å². The predicted octanol–water partition coefficient (Wildman–Crippen LogP) is 2.85. The van der Waals surface area contributed by atoms with E-state index in [4.69, 9.17) is 15.2 Å². The van der Waals surface area contributed by atoms with Crippen LogP contribution in [0.2, 0.25) is 0 Å². The van der Waals surface area contributed by atoms with Gasteiger partial charge in [0, 0.05) is 24.5 Å². The first kappa shape index (κ1) is 17.7. The molecule has 2 aromatic rings. The van der Waals surface area contributed by atoms with Crippen LogP contribution in [0.3, 0.4) is 0 Å². The number of hydrogen-bond donors (Lipinski definition) is 1. The van der Waals surface area contributed by atoms with Gasteiger partial charge in [0.1, 0.15) is 12.1 Å². The van der Waals surface area contributed by atoms with Crippen LogP contribution in [0.15, 0.2) is 18.5 Å². The summed E-state index contributed by atoms with van der Waals surface area (Å²) < 4.78 is 10.8. The van der Waals surface area contributed by atoms with Gasteiger partial charge in [0.25, 0.3) is 0 Å². The van der Waals surface area contributed by atoms with Gasteiger partial charge in [-0.2, -0.15) is 0 Å². The molecule has 0 aliphatic carbocycles. The number of piperidine rings is 1. The Morgan fingerprint density at radius 1 is 1.16 bits per heavy atom. The maximum atomic E-state index is 5.93. The van der Waals surface area contributed by atoms with Gasteiger partial charge in [-0.05, 0) is 37.3 Å². The summed E-state index contributed by atoms with van der Waals surface area (Å²) in [4.78, 5) is 11.3. The van der Waals surface area contributed by atoms with E-state index in [2.05, 4.69) is 21.8 Å². The smallest absolute Gasteiger partial charge is 0.162 e. The molecule has 0 bridgehead atoms. The van der Waals surface area contributed by atoms with Crippen LogP contribution in [0.25, 0.3) is 10.9 Å². The first-order valence-electron chi connectivity index (χ1n) is 9.03. The molecule has 0 saturated carbocycles. The Balaban J connectivity index is 1.87. The second-order valence-electron chi connectivity index (χ2n) is 6.65. The molecule has 1 aliphatic heterocycles. The van der Waals surface area contributed by atoms with Crippen molar-refractivity contribution in [2.24, 2.45) is 17.6 Å². The SMILES string of the molecule is CC[C@H](CN)C1CCN(c2ncnc3cc(OC)c(OC)cc23)CC1. The molecule has 0 spiro atoms. The van der Waals surface area contributed by atoms with Crippen LogP contribution in [0.1, 0.15) is 26.2 Å². The first-order valence-corrected chi connectivity index (χ1v) is 9.03. The molecule has 136 valence electrons. The lowest BCUT2D eigenvalue weighted by atomic mass is 9.83. The van der Waals surface area contributed by atoms with Crippen molar-refractivity contribution in [1.82, 2.24) is 9.97 Å². The molecule has 1 fully saturated rings. The standard InChI is InChI=1S/C19H28N4O2/c1-4-13(11-20)14-5-7-23(8-6-14)19-15-9-17(24-2)18(25-3)10-16(15)21-12-22-19/h9-10,12-14H,4-8,11,20H2,1-3H3/t13-/m1/s1. The predicted molar refractivity (Wildman–Crippen MR) is 100 cm³/mol. The van der Waals surface area contributed by atoms with Crippen molar-refractivity contribution in [2.75, 3.05) is 38.8 Å². The number of rotatable bonds is 6. The molecule has 1 atom stereocenters. The van der Waals surface area contributed by atoms with E-state index in [0.29, 0.717) is 23.3 Å². The summed E-state index contributed by atoms with van der Waals surface area (Å²) in [6, 6.07) is 3.89. The Bertz CT molecular complexity index is 710. The van der Waals surface area contributed by atoms with E-state index in [1.165, 1.54) is 0 Å². The minimum Gasteiger partial charge on any atom is -0.493 e. The van der Waals surface area contributed by atoms with Crippen LogP contribution in [-0.2, 0) is 0 Å². The van der Waals surface area contributed by atoms with Crippen molar-refractivity contribution in [3.05, 3.63) is 18.5 Å². The minimum absolute atomic E-state index is 0.633. The van der Waals surface area contributed by atoms with Crippen LogP contribution < -0.4 is 20.1 Å². The lowest BCUT2D eigenvalue weighted by molar-refractivity contribution is 0.273. The number of anilines is 1. The average molecular weight is 344 g/mol. The molecular weight excluding hydrogens is 316 g/mol. The highest BCUT2D eigenvalue weighted by atomic mass is 16.5. The summed E-state index contributed by atoms with van der Waals surface area (Å²) in [5.74, 6) is 3.72. The number of fused-ring (bicyclic) bond motifs is 1. The molecule has 6 heteroatoms. The van der Waals surface area contributed by atoms with Gasteiger partial charge in [-0.1, -0.05) is 13.3 Å². The van der Waals surface area contributed by atoms with E-state index >= 15 is 0 Å². The zero-order valence-electron chi connectivity index (χ0n) is 15.4. The van der Waals surface area contributed by atoms with Crippen molar-refractivity contribution in [1.29, 1.82) is 0 Å². The van der Waals surface area contributed by atoms with E-state index in [1.54, 1.807) is 20.5 Å². The van der Waals surface area contributed by atoms with Gasteiger partial charge in [0.05, 0.1) is 19.7 Å². The molecule has 1 aromatic heterocycles. The zero-order chi connectivity index (χ0) is 17.8. The number of methoxy groups -OCH3 is 2. The average Bonchev–Trinajstić information content (AvgIpc) is 2.68. The summed E-state index contributed by atoms with van der Waals surface area (Å²) in [6.45, 7) is 5.03. The summed E-state index contributed by atoms with van der Waals surface area (Å²) in [5.41, 5.74) is 6.81. The molecule has 25 heavy (non-hydrogen) atoms. The maximum Gasteiger partial charge on any atom is 0.162 e. The molecular formula is C19H28N4O2. The first-order chi connectivity index (χ1) is 12.2. The van der Waals surface area contributed by atoms with Gasteiger partial charge in [0.2, 0.25) is 0 Å². The Morgan fingerprint density at radius 2 is 1.84 bits per heavy atom. The quantitative estimate of drug-likeness (QED) is 0.869. The molecule has 1 aliphatic rings. The van der Waals surface area contributed by atoms with Crippen molar-refractivity contribution < 1.29 is 9.47 Å². The zero-order valence-corrected chi connectivity index (χ0v) is 15.4. The fourth-order valence-corrected chi connectivity index (χ4v) is 3.90. The van der Waals surface area contributed by atoms with Crippen molar-refractivity contribution in [3.63, 3.8) is 0 Å². The van der Waals surface area contributed by atoms with Crippen LogP contribution in [0.5, 0.6) is 11.5 Å². The third-order valence-electron chi connectivity index (χ3n) is 5.45. The van der Waals surface area contributed by atoms with Crippen LogP contribution >= 0.6 is 0 Å². The number of nitrogens with zero attached hydrogens (tertiary/aromatic N) is 3. The van der Waals surface area contributed by atoms with Gasteiger partial charge in [0.15, 0.2) is 11.5 Å². The normalized spacial score (nSPS) is 16.9. The molecule has 6 nitrogen and oxygen atoms in total.